The Balaban J connectivity index is 1.80. The molecule has 0 radical (unpaired) electrons. The fourth-order valence-electron chi connectivity index (χ4n) is 1.84. The van der Waals surface area contributed by atoms with E-state index in [4.69, 9.17) is 0 Å². The number of aliphatic hydroxyl groups is 2. The van der Waals surface area contributed by atoms with Gasteiger partial charge in [0.25, 0.3) is 0 Å². The summed E-state index contributed by atoms with van der Waals surface area (Å²) in [6.07, 6.45) is -0.726. The zero-order valence-corrected chi connectivity index (χ0v) is 12.2. The van der Waals surface area contributed by atoms with E-state index in [1.807, 2.05) is 60.7 Å². The maximum absolute atomic E-state index is 9.81. The molecule has 0 heterocycles. The molecule has 2 aromatic rings. The van der Waals surface area contributed by atoms with Crippen LogP contribution >= 0.6 is 0 Å². The third-order valence-corrected chi connectivity index (χ3v) is 3.03. The van der Waals surface area contributed by atoms with Crippen molar-refractivity contribution in [2.75, 3.05) is 0 Å². The number of hydrogen-bond acceptors (Lipinski definition) is 2. The monoisotopic (exact) mass is 290 g/mol. The molecule has 0 unspecified atom stereocenters. The minimum atomic E-state index is -0.756. The van der Waals surface area contributed by atoms with Gasteiger partial charge in [0.2, 0.25) is 0 Å². The predicted octanol–water partition coefficient (Wildman–Crippen LogP) is 2.59. The van der Waals surface area contributed by atoms with E-state index in [2.05, 4.69) is 23.7 Å². The van der Waals surface area contributed by atoms with Crippen molar-refractivity contribution >= 4 is 0 Å². The van der Waals surface area contributed by atoms with Crippen LogP contribution in [0.3, 0.4) is 0 Å². The average Bonchev–Trinajstić information content (AvgIpc) is 2.58. The zero-order valence-electron chi connectivity index (χ0n) is 12.2. The van der Waals surface area contributed by atoms with Crippen LogP contribution in [0.5, 0.6) is 0 Å². The van der Waals surface area contributed by atoms with Crippen LogP contribution in [0, 0.1) is 23.7 Å². The first kappa shape index (κ1) is 15.9. The van der Waals surface area contributed by atoms with Gasteiger partial charge in [0.05, 0.1) is 0 Å². The number of aliphatic hydroxyl groups excluding tert-OH is 2. The number of hydrogen-bond donors (Lipinski definition) is 2. The second kappa shape index (κ2) is 8.70. The van der Waals surface area contributed by atoms with E-state index < -0.39 is 12.2 Å². The van der Waals surface area contributed by atoms with Crippen molar-refractivity contribution in [3.05, 3.63) is 71.8 Å². The van der Waals surface area contributed by atoms with Gasteiger partial charge in [-0.25, -0.2) is 0 Å². The van der Waals surface area contributed by atoms with E-state index in [1.165, 1.54) is 0 Å². The van der Waals surface area contributed by atoms with Gasteiger partial charge in [0, 0.05) is 11.1 Å². The molecule has 2 atom stereocenters. The fraction of sp³-hybridized carbons (Fsp3) is 0.200. The maximum atomic E-state index is 9.81. The molecule has 0 aromatic heterocycles. The Labute approximate surface area is 131 Å². The molecular formula is C20H18O2. The normalized spacial score (nSPS) is 12.3. The summed E-state index contributed by atoms with van der Waals surface area (Å²) in [5, 5.41) is 19.6. The van der Waals surface area contributed by atoms with Gasteiger partial charge in [-0.3, -0.25) is 0 Å². The Morgan fingerprint density at radius 1 is 0.636 bits per heavy atom. The Morgan fingerprint density at radius 2 is 1.00 bits per heavy atom. The maximum Gasteiger partial charge on any atom is 0.115 e. The molecule has 0 aliphatic carbocycles. The van der Waals surface area contributed by atoms with Crippen molar-refractivity contribution in [2.24, 2.45) is 0 Å². The van der Waals surface area contributed by atoms with Crippen LogP contribution in [-0.2, 0) is 0 Å². The van der Waals surface area contributed by atoms with Gasteiger partial charge in [-0.15, -0.1) is 0 Å². The molecule has 0 aliphatic heterocycles. The van der Waals surface area contributed by atoms with Crippen LogP contribution in [0.15, 0.2) is 60.7 Å². The van der Waals surface area contributed by atoms with Gasteiger partial charge < -0.3 is 10.2 Å². The van der Waals surface area contributed by atoms with E-state index in [1.54, 1.807) is 0 Å². The van der Waals surface area contributed by atoms with Crippen molar-refractivity contribution in [2.45, 2.75) is 25.0 Å². The van der Waals surface area contributed by atoms with Crippen LogP contribution in [0.2, 0.25) is 0 Å². The number of rotatable bonds is 3. The molecule has 0 aliphatic rings. The quantitative estimate of drug-likeness (QED) is 0.853. The highest BCUT2D eigenvalue weighted by Crippen LogP contribution is 2.03. The first-order valence-corrected chi connectivity index (χ1v) is 7.23. The smallest absolute Gasteiger partial charge is 0.115 e. The first-order valence-electron chi connectivity index (χ1n) is 7.23. The van der Waals surface area contributed by atoms with Crippen LogP contribution in [0.1, 0.15) is 24.0 Å². The van der Waals surface area contributed by atoms with E-state index >= 15 is 0 Å². The van der Waals surface area contributed by atoms with Crippen LogP contribution < -0.4 is 0 Å². The summed E-state index contributed by atoms with van der Waals surface area (Å²) in [5.41, 5.74) is 1.73. The second-order valence-electron chi connectivity index (χ2n) is 4.88. The number of benzene rings is 2. The summed E-state index contributed by atoms with van der Waals surface area (Å²) in [7, 11) is 0. The average molecular weight is 290 g/mol. The molecule has 0 fully saturated rings. The third-order valence-electron chi connectivity index (χ3n) is 3.03. The second-order valence-corrected chi connectivity index (χ2v) is 4.88. The lowest BCUT2D eigenvalue weighted by atomic mass is 10.1. The molecule has 2 nitrogen and oxygen atoms in total. The first-order chi connectivity index (χ1) is 10.7. The molecule has 2 aromatic carbocycles. The summed E-state index contributed by atoms with van der Waals surface area (Å²) in [6, 6.07) is 19.0. The highest BCUT2D eigenvalue weighted by Gasteiger charge is 2.04. The van der Waals surface area contributed by atoms with Gasteiger partial charge in [0.1, 0.15) is 12.2 Å². The van der Waals surface area contributed by atoms with Gasteiger partial charge in [0.15, 0.2) is 0 Å². The highest BCUT2D eigenvalue weighted by molar-refractivity contribution is 5.35. The lowest BCUT2D eigenvalue weighted by molar-refractivity contribution is 0.172. The SMILES string of the molecule is O[C@H](C#Cc1ccccc1)CC[C@H](O)C#Cc1ccccc1. The molecule has 110 valence electrons. The predicted molar refractivity (Wildman–Crippen MR) is 87.9 cm³/mol. The zero-order chi connectivity index (χ0) is 15.6. The van der Waals surface area contributed by atoms with E-state index in [-0.39, 0.29) is 0 Å². The molecule has 0 bridgehead atoms. The standard InChI is InChI=1S/C20H18O2/c21-19(13-11-17-7-3-1-4-8-17)15-16-20(22)14-12-18-9-5-2-6-10-18/h1-10,19-22H,15-16H2/t19-,20-/m1/s1. The minimum Gasteiger partial charge on any atom is -0.380 e. The summed E-state index contributed by atoms with van der Waals surface area (Å²) in [5.74, 6) is 11.4. The Hall–Kier alpha value is -2.52. The summed E-state index contributed by atoms with van der Waals surface area (Å²) in [4.78, 5) is 0. The molecule has 2 N–H and O–H groups in total. The van der Waals surface area contributed by atoms with Crippen molar-refractivity contribution in [3.8, 4) is 23.7 Å². The Kier molecular flexibility index (Phi) is 6.27. The Morgan fingerprint density at radius 3 is 1.36 bits per heavy atom. The third kappa shape index (κ3) is 5.85. The Bertz CT molecular complexity index is 621. The lowest BCUT2D eigenvalue weighted by Gasteiger charge is -2.04. The van der Waals surface area contributed by atoms with Gasteiger partial charge in [-0.1, -0.05) is 60.1 Å². The van der Waals surface area contributed by atoms with Gasteiger partial charge in [-0.2, -0.15) is 0 Å². The van der Waals surface area contributed by atoms with Crippen molar-refractivity contribution in [1.82, 2.24) is 0 Å². The van der Waals surface area contributed by atoms with E-state index in [9.17, 15) is 10.2 Å². The molecule has 0 spiro atoms. The molecule has 2 heteroatoms. The lowest BCUT2D eigenvalue weighted by Crippen LogP contribution is -2.10. The van der Waals surface area contributed by atoms with Crippen LogP contribution in [-0.4, -0.2) is 22.4 Å². The molecule has 0 saturated heterocycles. The van der Waals surface area contributed by atoms with Crippen molar-refractivity contribution < 1.29 is 10.2 Å². The van der Waals surface area contributed by atoms with Crippen molar-refractivity contribution in [1.29, 1.82) is 0 Å². The topological polar surface area (TPSA) is 40.5 Å². The largest absolute Gasteiger partial charge is 0.380 e. The van der Waals surface area contributed by atoms with Gasteiger partial charge in [-0.05, 0) is 37.1 Å². The summed E-state index contributed by atoms with van der Waals surface area (Å²) >= 11 is 0. The summed E-state index contributed by atoms with van der Waals surface area (Å²) in [6.45, 7) is 0. The van der Waals surface area contributed by atoms with Crippen molar-refractivity contribution in [3.63, 3.8) is 0 Å². The molecule has 22 heavy (non-hydrogen) atoms. The molecule has 2 rings (SSSR count). The molecule has 0 saturated carbocycles. The summed E-state index contributed by atoms with van der Waals surface area (Å²) < 4.78 is 0. The van der Waals surface area contributed by atoms with Crippen LogP contribution in [0.4, 0.5) is 0 Å². The van der Waals surface area contributed by atoms with E-state index in [0.717, 1.165) is 11.1 Å². The fourth-order valence-corrected chi connectivity index (χ4v) is 1.84. The minimum absolute atomic E-state index is 0.393. The highest BCUT2D eigenvalue weighted by atomic mass is 16.3. The van der Waals surface area contributed by atoms with Gasteiger partial charge >= 0.3 is 0 Å². The van der Waals surface area contributed by atoms with E-state index in [0.29, 0.717) is 12.8 Å². The molecule has 0 amide bonds. The van der Waals surface area contributed by atoms with Crippen LogP contribution in [0.25, 0.3) is 0 Å². The molecular weight excluding hydrogens is 272 g/mol.